The quantitative estimate of drug-likeness (QED) is 0.406. The molecule has 0 aromatic heterocycles. The molecule has 4 atom stereocenters. The van der Waals surface area contributed by atoms with Crippen LogP contribution in [0, 0.1) is 11.8 Å². The number of aromatic hydroxyl groups is 1. The van der Waals surface area contributed by atoms with Gasteiger partial charge in [-0.3, -0.25) is 9.59 Å². The van der Waals surface area contributed by atoms with Gasteiger partial charge >= 0.3 is 5.97 Å². The van der Waals surface area contributed by atoms with Crippen molar-refractivity contribution in [1.29, 1.82) is 0 Å². The average molecular weight is 375 g/mol. The highest BCUT2D eigenvalue weighted by Gasteiger charge is 2.46. The Bertz CT molecular complexity index is 655. The van der Waals surface area contributed by atoms with Crippen LogP contribution in [0.3, 0.4) is 0 Å². The Balaban J connectivity index is 1.92. The molecule has 0 radical (unpaired) electrons. The first-order valence-electron chi connectivity index (χ1n) is 9.59. The third-order valence-electron chi connectivity index (χ3n) is 5.62. The van der Waals surface area contributed by atoms with E-state index in [9.17, 15) is 19.8 Å². The lowest BCUT2D eigenvalue weighted by molar-refractivity contribution is -0.148. The number of carboxylic acid groups (broad SMARTS) is 1. The van der Waals surface area contributed by atoms with Crippen molar-refractivity contribution >= 4 is 19.7 Å². The third kappa shape index (κ3) is 5.46. The summed E-state index contributed by atoms with van der Waals surface area (Å²) in [6.07, 6.45) is 4.37. The van der Waals surface area contributed by atoms with Crippen LogP contribution in [0.2, 0.25) is 6.32 Å². The second-order valence-electron chi connectivity index (χ2n) is 7.70. The lowest BCUT2D eigenvalue weighted by Crippen LogP contribution is -2.60. The monoisotopic (exact) mass is 375 g/mol. The highest BCUT2D eigenvalue weighted by atomic mass is 16.4. The lowest BCUT2D eigenvalue weighted by atomic mass is 9.67. The number of hydrogen-bond acceptors (Lipinski definition) is 5. The van der Waals surface area contributed by atoms with Crippen LogP contribution in [-0.4, -0.2) is 48.1 Å². The fraction of sp³-hybridized carbons (Fsp3) is 0.579. The topological polar surface area (TPSA) is 139 Å². The minimum Gasteiger partial charge on any atom is -0.508 e. The minimum atomic E-state index is -1.31. The van der Waals surface area contributed by atoms with E-state index in [0.29, 0.717) is 25.2 Å². The summed E-state index contributed by atoms with van der Waals surface area (Å²) < 4.78 is 0. The van der Waals surface area contributed by atoms with Crippen molar-refractivity contribution < 1.29 is 19.8 Å². The first kappa shape index (κ1) is 21.2. The summed E-state index contributed by atoms with van der Waals surface area (Å²) in [4.78, 5) is 24.1. The van der Waals surface area contributed by atoms with Gasteiger partial charge in [0.2, 0.25) is 5.91 Å². The van der Waals surface area contributed by atoms with Crippen molar-refractivity contribution in [3.8, 4) is 5.75 Å². The number of carbonyl (C=O) groups excluding carboxylic acids is 1. The van der Waals surface area contributed by atoms with E-state index in [4.69, 9.17) is 11.5 Å². The van der Waals surface area contributed by atoms with Gasteiger partial charge in [-0.2, -0.15) is 0 Å². The molecule has 1 fully saturated rings. The maximum Gasteiger partial charge on any atom is 0.324 e. The van der Waals surface area contributed by atoms with Crippen LogP contribution in [0.15, 0.2) is 24.3 Å². The van der Waals surface area contributed by atoms with Gasteiger partial charge in [-0.05, 0) is 49.3 Å². The molecule has 8 heteroatoms. The summed E-state index contributed by atoms with van der Waals surface area (Å²) in [6, 6.07) is 5.77. The number of hydrogen-bond donors (Lipinski definition) is 5. The molecule has 1 aliphatic rings. The van der Waals surface area contributed by atoms with Crippen molar-refractivity contribution in [3.63, 3.8) is 0 Å². The van der Waals surface area contributed by atoms with Gasteiger partial charge in [0.1, 0.15) is 19.1 Å². The summed E-state index contributed by atoms with van der Waals surface area (Å²) in [7, 11) is 2.08. The molecule has 0 saturated heterocycles. The molecule has 0 aliphatic heterocycles. The maximum atomic E-state index is 12.3. The zero-order valence-corrected chi connectivity index (χ0v) is 15.9. The number of nitrogens with two attached hydrogens (primary N) is 2. The number of phenols is 1. The summed E-state index contributed by atoms with van der Waals surface area (Å²) in [5, 5.41) is 21.8. The predicted molar refractivity (Wildman–Crippen MR) is 106 cm³/mol. The third-order valence-corrected chi connectivity index (χ3v) is 5.62. The maximum absolute atomic E-state index is 12.3. The Hall–Kier alpha value is -2.06. The van der Waals surface area contributed by atoms with Crippen LogP contribution in [0.4, 0.5) is 0 Å². The molecule has 0 heterocycles. The van der Waals surface area contributed by atoms with E-state index >= 15 is 0 Å². The molecular formula is C19H30BN3O4. The lowest BCUT2D eigenvalue weighted by Gasteiger charge is -2.41. The molecule has 1 aliphatic carbocycles. The molecule has 0 unspecified atom stereocenters. The van der Waals surface area contributed by atoms with Gasteiger partial charge in [0, 0.05) is 12.5 Å². The molecule has 0 bridgehead atoms. The number of carboxylic acids is 1. The Labute approximate surface area is 160 Å². The first-order chi connectivity index (χ1) is 12.8. The molecule has 27 heavy (non-hydrogen) atoms. The minimum absolute atomic E-state index is 0.156. The van der Waals surface area contributed by atoms with Gasteiger partial charge < -0.3 is 27.0 Å². The van der Waals surface area contributed by atoms with Crippen molar-refractivity contribution in [2.75, 3.05) is 6.54 Å². The first-order valence-corrected chi connectivity index (χ1v) is 9.59. The van der Waals surface area contributed by atoms with Gasteiger partial charge in [-0.25, -0.2) is 0 Å². The SMILES string of the molecule is BCC[C@@H]1CC[C@@H](CNC(=O)[C@@H](N)Cc2ccc(O)cc2)[C@@](N)(C(=O)O)C1. The van der Waals surface area contributed by atoms with E-state index in [1.165, 1.54) is 0 Å². The molecule has 1 aromatic carbocycles. The Morgan fingerprint density at radius 3 is 2.56 bits per heavy atom. The van der Waals surface area contributed by atoms with Crippen LogP contribution in [0.1, 0.15) is 31.2 Å². The number of rotatable bonds is 8. The van der Waals surface area contributed by atoms with Crippen LogP contribution < -0.4 is 16.8 Å². The molecule has 1 aromatic rings. The normalized spacial score (nSPS) is 26.3. The molecule has 7 nitrogen and oxygen atoms in total. The van der Waals surface area contributed by atoms with Crippen LogP contribution in [-0.2, 0) is 16.0 Å². The summed E-state index contributed by atoms with van der Waals surface area (Å²) in [5.74, 6) is -1.17. The number of phenolic OH excluding ortho intramolecular Hbond substituents is 1. The molecule has 148 valence electrons. The Morgan fingerprint density at radius 1 is 1.30 bits per heavy atom. The van der Waals surface area contributed by atoms with E-state index in [0.717, 1.165) is 24.7 Å². The highest BCUT2D eigenvalue weighted by molar-refractivity contribution is 6.08. The number of nitrogens with one attached hydrogen (secondary N) is 1. The number of carbonyl (C=O) groups is 2. The van der Waals surface area contributed by atoms with Crippen molar-refractivity contribution in [3.05, 3.63) is 29.8 Å². The zero-order valence-electron chi connectivity index (χ0n) is 15.9. The molecule has 1 saturated carbocycles. The van der Waals surface area contributed by atoms with Gasteiger partial charge in [-0.15, -0.1) is 0 Å². The standard InChI is InChI=1S/C19H30BN3O4/c20-8-7-13-1-4-14(19(22,10-13)18(26)27)11-23-17(25)16(21)9-12-2-5-15(24)6-3-12/h2-3,5-6,13-14,16,24H,1,4,7-11,20-22H2,(H,23,25)(H,26,27)/t13-,14-,16-,19+/m0/s1. The molecule has 1 amide bonds. The number of aliphatic carboxylic acids is 1. The van der Waals surface area contributed by atoms with Crippen LogP contribution in [0.25, 0.3) is 0 Å². The number of amides is 1. The van der Waals surface area contributed by atoms with E-state index < -0.39 is 17.6 Å². The Morgan fingerprint density at radius 2 is 1.96 bits per heavy atom. The van der Waals surface area contributed by atoms with Gasteiger partial charge in [0.05, 0.1) is 6.04 Å². The molecule has 2 rings (SSSR count). The number of benzene rings is 1. The second-order valence-corrected chi connectivity index (χ2v) is 7.70. The van der Waals surface area contributed by atoms with Crippen molar-refractivity contribution in [2.24, 2.45) is 23.3 Å². The van der Waals surface area contributed by atoms with Gasteiger partial charge in [0.25, 0.3) is 0 Å². The summed E-state index contributed by atoms with van der Waals surface area (Å²) in [6.45, 7) is 0.212. The largest absolute Gasteiger partial charge is 0.508 e. The van der Waals surface area contributed by atoms with Gasteiger partial charge in [0.15, 0.2) is 0 Å². The second kappa shape index (κ2) is 9.24. The van der Waals surface area contributed by atoms with E-state index in [1.54, 1.807) is 24.3 Å². The summed E-state index contributed by atoms with van der Waals surface area (Å²) >= 11 is 0. The Kier molecular flexibility index (Phi) is 7.27. The van der Waals surface area contributed by atoms with Crippen LogP contribution >= 0.6 is 0 Å². The van der Waals surface area contributed by atoms with Crippen molar-refractivity contribution in [2.45, 2.75) is 50.0 Å². The van der Waals surface area contributed by atoms with E-state index in [-0.39, 0.29) is 24.1 Å². The molecule has 0 spiro atoms. The van der Waals surface area contributed by atoms with E-state index in [1.807, 2.05) is 0 Å². The predicted octanol–water partition coefficient (Wildman–Crippen LogP) is 0.0181. The van der Waals surface area contributed by atoms with Gasteiger partial charge in [-0.1, -0.05) is 24.9 Å². The van der Waals surface area contributed by atoms with Crippen molar-refractivity contribution in [1.82, 2.24) is 5.32 Å². The van der Waals surface area contributed by atoms with E-state index in [2.05, 4.69) is 13.2 Å². The van der Waals surface area contributed by atoms with Crippen LogP contribution in [0.5, 0.6) is 5.75 Å². The fourth-order valence-corrected chi connectivity index (χ4v) is 3.98. The summed E-state index contributed by atoms with van der Waals surface area (Å²) in [5.41, 5.74) is 11.8. The average Bonchev–Trinajstić information content (AvgIpc) is 2.62. The zero-order chi connectivity index (χ0) is 20.0. The molecular weight excluding hydrogens is 345 g/mol. The highest BCUT2D eigenvalue weighted by Crippen LogP contribution is 2.37. The fourth-order valence-electron chi connectivity index (χ4n) is 3.98. The smallest absolute Gasteiger partial charge is 0.324 e. The molecule has 7 N–H and O–H groups in total.